The molecule has 0 atom stereocenters. The Kier molecular flexibility index (Phi) is 7.40. The molecule has 6 heteroatoms. The van der Waals surface area contributed by atoms with Gasteiger partial charge in [0.05, 0.1) is 11.5 Å². The molecule has 0 radical (unpaired) electrons. The van der Waals surface area contributed by atoms with Crippen LogP contribution in [0.2, 0.25) is 0 Å². The average molecular weight is 422 g/mol. The van der Waals surface area contributed by atoms with Crippen LogP contribution in [0.4, 0.5) is 5.69 Å². The largest absolute Gasteiger partial charge is 0.490 e. The van der Waals surface area contributed by atoms with Gasteiger partial charge in [-0.3, -0.25) is 9.59 Å². The second-order valence-electron chi connectivity index (χ2n) is 6.45. The number of ether oxygens (including phenoxy) is 2. The molecule has 1 aromatic heterocycles. The minimum atomic E-state index is -0.260. The predicted molar refractivity (Wildman–Crippen MR) is 121 cm³/mol. The van der Waals surface area contributed by atoms with Gasteiger partial charge in [-0.15, -0.1) is 11.3 Å². The van der Waals surface area contributed by atoms with Gasteiger partial charge in [-0.05, 0) is 61.9 Å². The molecule has 0 saturated carbocycles. The molecule has 0 aliphatic carbocycles. The number of ketones is 1. The first-order valence-corrected chi connectivity index (χ1v) is 10.4. The van der Waals surface area contributed by atoms with Crippen LogP contribution in [0.15, 0.2) is 66.7 Å². The topological polar surface area (TPSA) is 64.6 Å². The fraction of sp³-hybridized carbons (Fsp3) is 0.167. The zero-order valence-corrected chi connectivity index (χ0v) is 17.7. The van der Waals surface area contributed by atoms with E-state index in [1.165, 1.54) is 11.3 Å². The Balaban J connectivity index is 1.64. The summed E-state index contributed by atoms with van der Waals surface area (Å²) in [6.07, 6.45) is 3.29. The molecule has 0 aliphatic rings. The van der Waals surface area contributed by atoms with Crippen LogP contribution in [-0.4, -0.2) is 24.9 Å². The highest BCUT2D eigenvalue weighted by molar-refractivity contribution is 7.14. The van der Waals surface area contributed by atoms with Crippen LogP contribution in [-0.2, 0) is 4.79 Å². The highest BCUT2D eigenvalue weighted by Crippen LogP contribution is 2.29. The van der Waals surface area contributed by atoms with Gasteiger partial charge in [-0.25, -0.2) is 0 Å². The van der Waals surface area contributed by atoms with Crippen LogP contribution >= 0.6 is 11.3 Å². The summed E-state index contributed by atoms with van der Waals surface area (Å²) in [6.45, 7) is 4.16. The Morgan fingerprint density at radius 3 is 2.50 bits per heavy atom. The number of aryl methyl sites for hydroxylation is 1. The minimum Gasteiger partial charge on any atom is -0.490 e. The van der Waals surface area contributed by atoms with E-state index < -0.39 is 0 Å². The molecule has 5 nitrogen and oxygen atoms in total. The molecule has 1 amide bonds. The molecule has 0 bridgehead atoms. The number of benzene rings is 2. The third-order valence-electron chi connectivity index (χ3n) is 4.09. The van der Waals surface area contributed by atoms with Crippen LogP contribution in [0.5, 0.6) is 11.5 Å². The lowest BCUT2D eigenvalue weighted by Gasteiger charge is -2.12. The normalized spacial score (nSPS) is 10.7. The van der Waals surface area contributed by atoms with Gasteiger partial charge in [-0.1, -0.05) is 30.3 Å². The van der Waals surface area contributed by atoms with Crippen molar-refractivity contribution in [3.63, 3.8) is 0 Å². The van der Waals surface area contributed by atoms with Crippen molar-refractivity contribution in [2.45, 2.75) is 13.8 Å². The van der Waals surface area contributed by atoms with Gasteiger partial charge in [0.25, 0.3) is 5.91 Å². The molecule has 0 saturated heterocycles. The molecule has 0 aliphatic heterocycles. The second-order valence-corrected chi connectivity index (χ2v) is 7.74. The van der Waals surface area contributed by atoms with Crippen molar-refractivity contribution in [1.29, 1.82) is 0 Å². The van der Waals surface area contributed by atoms with Crippen molar-refractivity contribution >= 4 is 34.8 Å². The fourth-order valence-electron chi connectivity index (χ4n) is 2.70. The van der Waals surface area contributed by atoms with Crippen LogP contribution < -0.4 is 14.8 Å². The number of thiophene rings is 1. The van der Waals surface area contributed by atoms with Crippen LogP contribution in [0.1, 0.15) is 27.0 Å². The van der Waals surface area contributed by atoms with Crippen molar-refractivity contribution in [2.24, 2.45) is 0 Å². The number of hydrogen-bond donors (Lipinski definition) is 1. The molecule has 154 valence electrons. The average Bonchev–Trinajstić information content (AvgIpc) is 3.19. The molecule has 0 spiro atoms. The number of nitrogens with one attached hydrogen (secondary N) is 1. The molecular weight excluding hydrogens is 398 g/mol. The van der Waals surface area contributed by atoms with Gasteiger partial charge in [-0.2, -0.15) is 0 Å². The Morgan fingerprint density at radius 2 is 1.80 bits per heavy atom. The molecule has 1 heterocycles. The predicted octanol–water partition coefficient (Wildman–Crippen LogP) is 5.37. The number of para-hydroxylation sites is 1. The first kappa shape index (κ1) is 21.3. The van der Waals surface area contributed by atoms with E-state index in [1.54, 1.807) is 24.3 Å². The van der Waals surface area contributed by atoms with Gasteiger partial charge in [0.1, 0.15) is 0 Å². The summed E-state index contributed by atoms with van der Waals surface area (Å²) in [5.74, 6) is 0.692. The highest BCUT2D eigenvalue weighted by atomic mass is 32.1. The summed E-state index contributed by atoms with van der Waals surface area (Å²) in [7, 11) is 0. The Hall–Kier alpha value is -3.38. The van der Waals surface area contributed by atoms with Crippen molar-refractivity contribution in [3.8, 4) is 11.5 Å². The van der Waals surface area contributed by atoms with E-state index in [0.717, 1.165) is 10.4 Å². The lowest BCUT2D eigenvalue weighted by atomic mass is 10.1. The quantitative estimate of drug-likeness (QED) is 0.373. The fourth-order valence-corrected chi connectivity index (χ4v) is 3.49. The third-order valence-corrected chi connectivity index (χ3v) is 5.11. The Morgan fingerprint density at radius 1 is 1.00 bits per heavy atom. The third kappa shape index (κ3) is 6.06. The zero-order chi connectivity index (χ0) is 21.3. The zero-order valence-electron chi connectivity index (χ0n) is 16.9. The molecule has 1 N–H and O–H groups in total. The van der Waals surface area contributed by atoms with E-state index in [1.807, 2.05) is 62.4 Å². The highest BCUT2D eigenvalue weighted by Gasteiger charge is 2.10. The first-order chi connectivity index (χ1) is 14.5. The number of hydrogen-bond acceptors (Lipinski definition) is 5. The van der Waals surface area contributed by atoms with Gasteiger partial charge in [0.15, 0.2) is 23.9 Å². The van der Waals surface area contributed by atoms with Crippen molar-refractivity contribution in [1.82, 2.24) is 0 Å². The number of carbonyl (C=O) groups is 2. The minimum absolute atomic E-state index is 0.0380. The first-order valence-electron chi connectivity index (χ1n) is 9.58. The van der Waals surface area contributed by atoms with Crippen molar-refractivity contribution < 1.29 is 19.1 Å². The number of rotatable bonds is 9. The maximum atomic E-state index is 12.3. The lowest BCUT2D eigenvalue weighted by Crippen LogP contribution is -2.20. The summed E-state index contributed by atoms with van der Waals surface area (Å²) in [4.78, 5) is 26.2. The van der Waals surface area contributed by atoms with Gasteiger partial charge >= 0.3 is 0 Å². The van der Waals surface area contributed by atoms with Crippen molar-refractivity contribution in [3.05, 3.63) is 82.1 Å². The number of allylic oxidation sites excluding steroid dienone is 1. The monoisotopic (exact) mass is 421 g/mol. The summed E-state index contributed by atoms with van der Waals surface area (Å²) in [5, 5.41) is 2.77. The second kappa shape index (κ2) is 10.4. The Labute approximate surface area is 180 Å². The molecule has 3 aromatic rings. The SMILES string of the molecule is CCOc1cc(/C=C/C(=O)c2ccc(C)s2)ccc1OCC(=O)Nc1ccccc1. The van der Waals surface area contributed by atoms with E-state index in [2.05, 4.69) is 5.32 Å². The number of carbonyl (C=O) groups excluding carboxylic acids is 2. The van der Waals surface area contributed by atoms with Crippen LogP contribution in [0.25, 0.3) is 6.08 Å². The van der Waals surface area contributed by atoms with Crippen LogP contribution in [0.3, 0.4) is 0 Å². The molecule has 0 fully saturated rings. The number of amides is 1. The summed E-state index contributed by atoms with van der Waals surface area (Å²) in [5.41, 5.74) is 1.52. The van der Waals surface area contributed by atoms with E-state index >= 15 is 0 Å². The van der Waals surface area contributed by atoms with E-state index in [4.69, 9.17) is 9.47 Å². The molecular formula is C24H23NO4S. The Bertz CT molecular complexity index is 1040. The van der Waals surface area contributed by atoms with E-state index in [-0.39, 0.29) is 18.3 Å². The lowest BCUT2D eigenvalue weighted by molar-refractivity contribution is -0.118. The maximum absolute atomic E-state index is 12.3. The molecule has 2 aromatic carbocycles. The number of anilines is 1. The summed E-state index contributed by atoms with van der Waals surface area (Å²) >= 11 is 1.47. The summed E-state index contributed by atoms with van der Waals surface area (Å²) < 4.78 is 11.3. The summed E-state index contributed by atoms with van der Waals surface area (Å²) in [6, 6.07) is 18.3. The smallest absolute Gasteiger partial charge is 0.262 e. The molecule has 0 unspecified atom stereocenters. The van der Waals surface area contributed by atoms with Gasteiger partial charge in [0.2, 0.25) is 0 Å². The van der Waals surface area contributed by atoms with E-state index in [9.17, 15) is 9.59 Å². The van der Waals surface area contributed by atoms with Crippen molar-refractivity contribution in [2.75, 3.05) is 18.5 Å². The standard InChI is InChI=1S/C24H23NO4S/c1-3-28-22-15-18(10-12-20(26)23-14-9-17(2)30-23)11-13-21(22)29-16-24(27)25-19-7-5-4-6-8-19/h4-15H,3,16H2,1-2H3,(H,25,27)/b12-10+. The van der Waals surface area contributed by atoms with Gasteiger partial charge < -0.3 is 14.8 Å². The van der Waals surface area contributed by atoms with Gasteiger partial charge in [0, 0.05) is 10.6 Å². The van der Waals surface area contributed by atoms with E-state index in [0.29, 0.717) is 28.7 Å². The molecule has 3 rings (SSSR count). The van der Waals surface area contributed by atoms with Crippen LogP contribution in [0, 0.1) is 6.92 Å². The molecule has 30 heavy (non-hydrogen) atoms. The maximum Gasteiger partial charge on any atom is 0.262 e.